The van der Waals surface area contributed by atoms with Crippen LogP contribution < -0.4 is 5.69 Å². The SMILES string of the molecule is CCc1cc(-n2nc(C)n(CCc3ccccc3)c2=O)ccc1-c1cn[nH]c1. The normalized spacial score (nSPS) is 11.1. The lowest BCUT2D eigenvalue weighted by Gasteiger charge is -2.08. The van der Waals surface area contributed by atoms with Gasteiger partial charge in [0.05, 0.1) is 11.9 Å². The first-order chi connectivity index (χ1) is 13.7. The second kappa shape index (κ2) is 7.68. The van der Waals surface area contributed by atoms with Crippen LogP contribution in [-0.4, -0.2) is 24.5 Å². The predicted molar refractivity (Wildman–Crippen MR) is 110 cm³/mol. The van der Waals surface area contributed by atoms with E-state index in [2.05, 4.69) is 34.4 Å². The van der Waals surface area contributed by atoms with E-state index < -0.39 is 0 Å². The number of nitrogens with one attached hydrogen (secondary N) is 1. The summed E-state index contributed by atoms with van der Waals surface area (Å²) in [6, 6.07) is 16.2. The van der Waals surface area contributed by atoms with E-state index in [4.69, 9.17) is 0 Å². The van der Waals surface area contributed by atoms with Crippen molar-refractivity contribution in [3.05, 3.63) is 88.4 Å². The summed E-state index contributed by atoms with van der Waals surface area (Å²) in [6.07, 6.45) is 5.34. The van der Waals surface area contributed by atoms with E-state index in [1.165, 1.54) is 10.2 Å². The minimum absolute atomic E-state index is 0.105. The van der Waals surface area contributed by atoms with E-state index in [-0.39, 0.29) is 5.69 Å². The van der Waals surface area contributed by atoms with E-state index in [0.717, 1.165) is 41.0 Å². The molecule has 2 heterocycles. The molecule has 4 rings (SSSR count). The van der Waals surface area contributed by atoms with Crippen molar-refractivity contribution in [2.75, 3.05) is 0 Å². The molecule has 0 aliphatic heterocycles. The predicted octanol–water partition coefficient (Wildman–Crippen LogP) is 3.54. The highest BCUT2D eigenvalue weighted by atomic mass is 16.2. The smallest absolute Gasteiger partial charge is 0.285 e. The van der Waals surface area contributed by atoms with E-state index in [1.54, 1.807) is 4.57 Å². The average molecular weight is 373 g/mol. The standard InChI is InChI=1S/C22H23N5O/c1-3-18-13-20(9-10-21(18)19-14-23-24-15-19)27-22(28)26(16(2)25-27)12-11-17-7-5-4-6-8-17/h4-10,13-15H,3,11-12H2,1-2H3,(H,23,24). The first kappa shape index (κ1) is 18.0. The number of hydrogen-bond donors (Lipinski definition) is 1. The van der Waals surface area contributed by atoms with Crippen LogP contribution in [0.3, 0.4) is 0 Å². The van der Waals surface area contributed by atoms with Gasteiger partial charge in [0.2, 0.25) is 0 Å². The Kier molecular flexibility index (Phi) is 4.93. The molecule has 0 unspecified atom stereocenters. The second-order valence-electron chi connectivity index (χ2n) is 6.81. The van der Waals surface area contributed by atoms with Gasteiger partial charge in [0.25, 0.3) is 0 Å². The van der Waals surface area contributed by atoms with Gasteiger partial charge in [-0.25, -0.2) is 4.79 Å². The molecule has 142 valence electrons. The van der Waals surface area contributed by atoms with Crippen LogP contribution in [0.25, 0.3) is 16.8 Å². The van der Waals surface area contributed by atoms with Gasteiger partial charge in [-0.05, 0) is 48.6 Å². The molecule has 0 bridgehead atoms. The molecule has 0 spiro atoms. The van der Waals surface area contributed by atoms with Gasteiger partial charge < -0.3 is 0 Å². The number of aryl methyl sites for hydroxylation is 3. The fourth-order valence-electron chi connectivity index (χ4n) is 3.49. The highest BCUT2D eigenvalue weighted by molar-refractivity contribution is 5.67. The number of hydrogen-bond acceptors (Lipinski definition) is 3. The van der Waals surface area contributed by atoms with Crippen molar-refractivity contribution in [3.8, 4) is 16.8 Å². The third-order valence-corrected chi connectivity index (χ3v) is 5.04. The molecule has 0 saturated carbocycles. The first-order valence-electron chi connectivity index (χ1n) is 9.50. The molecule has 2 aromatic carbocycles. The van der Waals surface area contributed by atoms with E-state index >= 15 is 0 Å². The topological polar surface area (TPSA) is 68.5 Å². The molecule has 2 aromatic heterocycles. The first-order valence-corrected chi connectivity index (χ1v) is 9.50. The Balaban J connectivity index is 1.65. The zero-order chi connectivity index (χ0) is 19.5. The van der Waals surface area contributed by atoms with Crippen molar-refractivity contribution >= 4 is 0 Å². The van der Waals surface area contributed by atoms with Crippen molar-refractivity contribution in [1.29, 1.82) is 0 Å². The molecule has 1 N–H and O–H groups in total. The second-order valence-corrected chi connectivity index (χ2v) is 6.81. The lowest BCUT2D eigenvalue weighted by atomic mass is 10.00. The lowest BCUT2D eigenvalue weighted by molar-refractivity contribution is 0.646. The van der Waals surface area contributed by atoms with Crippen molar-refractivity contribution in [3.63, 3.8) is 0 Å². The molecule has 0 amide bonds. The molecule has 6 nitrogen and oxygen atoms in total. The molecule has 0 atom stereocenters. The molecule has 0 aliphatic rings. The third-order valence-electron chi connectivity index (χ3n) is 5.04. The highest BCUT2D eigenvalue weighted by Crippen LogP contribution is 2.25. The largest absolute Gasteiger partial charge is 0.350 e. The summed E-state index contributed by atoms with van der Waals surface area (Å²) in [5.41, 5.74) is 5.21. The molecule has 6 heteroatoms. The van der Waals surface area contributed by atoms with Crippen LogP contribution in [0.2, 0.25) is 0 Å². The maximum atomic E-state index is 13.0. The summed E-state index contributed by atoms with van der Waals surface area (Å²) in [5.74, 6) is 0.720. The van der Waals surface area contributed by atoms with Crippen LogP contribution in [0.5, 0.6) is 0 Å². The maximum Gasteiger partial charge on any atom is 0.350 e. The fourth-order valence-corrected chi connectivity index (χ4v) is 3.49. The van der Waals surface area contributed by atoms with Crippen LogP contribution in [0, 0.1) is 6.92 Å². The summed E-state index contributed by atoms with van der Waals surface area (Å²) >= 11 is 0. The van der Waals surface area contributed by atoms with E-state index in [9.17, 15) is 4.79 Å². The zero-order valence-electron chi connectivity index (χ0n) is 16.1. The Bertz CT molecular complexity index is 1120. The van der Waals surface area contributed by atoms with Gasteiger partial charge in [0.15, 0.2) is 0 Å². The number of aromatic nitrogens is 5. The van der Waals surface area contributed by atoms with Gasteiger partial charge in [-0.15, -0.1) is 0 Å². The quantitative estimate of drug-likeness (QED) is 0.562. The number of benzene rings is 2. The van der Waals surface area contributed by atoms with Crippen LogP contribution in [0.1, 0.15) is 23.9 Å². The summed E-state index contributed by atoms with van der Waals surface area (Å²) in [5, 5.41) is 11.4. The fraction of sp³-hybridized carbons (Fsp3) is 0.227. The summed E-state index contributed by atoms with van der Waals surface area (Å²) < 4.78 is 3.24. The molecule has 28 heavy (non-hydrogen) atoms. The molecular formula is C22H23N5O. The monoisotopic (exact) mass is 373 g/mol. The number of rotatable bonds is 6. The Labute approximate surface area is 163 Å². The van der Waals surface area contributed by atoms with Gasteiger partial charge in [-0.1, -0.05) is 43.3 Å². The van der Waals surface area contributed by atoms with Gasteiger partial charge in [0, 0.05) is 18.3 Å². The van der Waals surface area contributed by atoms with E-state index in [1.807, 2.05) is 55.7 Å². The number of aromatic amines is 1. The van der Waals surface area contributed by atoms with Gasteiger partial charge in [0.1, 0.15) is 5.82 Å². The molecule has 0 radical (unpaired) electrons. The lowest BCUT2D eigenvalue weighted by Crippen LogP contribution is -2.25. The van der Waals surface area contributed by atoms with Crippen LogP contribution in [-0.2, 0) is 19.4 Å². The minimum atomic E-state index is -0.105. The maximum absolute atomic E-state index is 13.0. The Morgan fingerprint density at radius 3 is 2.64 bits per heavy atom. The summed E-state index contributed by atoms with van der Waals surface area (Å²) in [7, 11) is 0. The van der Waals surface area contributed by atoms with Crippen LogP contribution in [0.4, 0.5) is 0 Å². The number of H-pyrrole nitrogens is 1. The van der Waals surface area contributed by atoms with E-state index in [0.29, 0.717) is 6.54 Å². The molecule has 4 aromatic rings. The van der Waals surface area contributed by atoms with Crippen LogP contribution in [0.15, 0.2) is 65.7 Å². The van der Waals surface area contributed by atoms with Gasteiger partial charge in [-0.2, -0.15) is 14.9 Å². The van der Waals surface area contributed by atoms with Gasteiger partial charge in [-0.3, -0.25) is 9.67 Å². The molecule has 0 fully saturated rings. The Hall–Kier alpha value is -3.41. The molecule has 0 aliphatic carbocycles. The third kappa shape index (κ3) is 3.41. The van der Waals surface area contributed by atoms with Crippen molar-refractivity contribution in [2.45, 2.75) is 33.2 Å². The van der Waals surface area contributed by atoms with Crippen LogP contribution >= 0.6 is 0 Å². The van der Waals surface area contributed by atoms with Crippen molar-refractivity contribution < 1.29 is 0 Å². The Morgan fingerprint density at radius 1 is 1.11 bits per heavy atom. The average Bonchev–Trinajstić information content (AvgIpc) is 3.35. The zero-order valence-corrected chi connectivity index (χ0v) is 16.1. The molecular weight excluding hydrogens is 350 g/mol. The Morgan fingerprint density at radius 2 is 1.93 bits per heavy atom. The summed E-state index contributed by atoms with van der Waals surface area (Å²) in [4.78, 5) is 13.0. The highest BCUT2D eigenvalue weighted by Gasteiger charge is 2.14. The van der Waals surface area contributed by atoms with Crippen molar-refractivity contribution in [2.24, 2.45) is 0 Å². The number of nitrogens with zero attached hydrogens (tertiary/aromatic N) is 4. The van der Waals surface area contributed by atoms with Crippen molar-refractivity contribution in [1.82, 2.24) is 24.5 Å². The summed E-state index contributed by atoms with van der Waals surface area (Å²) in [6.45, 7) is 4.60. The molecule has 0 saturated heterocycles. The minimum Gasteiger partial charge on any atom is -0.285 e. The van der Waals surface area contributed by atoms with Gasteiger partial charge >= 0.3 is 5.69 Å².